The summed E-state index contributed by atoms with van der Waals surface area (Å²) in [5, 5.41) is 10.1. The number of hydrogen-bond acceptors (Lipinski definition) is 4. The van der Waals surface area contributed by atoms with E-state index in [0.29, 0.717) is 11.3 Å². The van der Waals surface area contributed by atoms with Crippen LogP contribution < -0.4 is 10.2 Å². The van der Waals surface area contributed by atoms with Gasteiger partial charge in [-0.15, -0.1) is 0 Å². The third kappa shape index (κ3) is 2.05. The minimum absolute atomic E-state index is 0.273. The van der Waals surface area contributed by atoms with E-state index in [2.05, 4.69) is 25.5 Å². The van der Waals surface area contributed by atoms with Crippen molar-refractivity contribution in [3.63, 3.8) is 0 Å². The second-order valence-electron chi connectivity index (χ2n) is 4.06. The Bertz CT molecular complexity index is 739. The van der Waals surface area contributed by atoms with Crippen molar-refractivity contribution in [2.75, 3.05) is 11.9 Å². The summed E-state index contributed by atoms with van der Waals surface area (Å²) in [6, 6.07) is 8.88. The zero-order valence-electron chi connectivity index (χ0n) is 10.7. The van der Waals surface area contributed by atoms with Gasteiger partial charge in [0.25, 0.3) is 0 Å². The maximum Gasteiger partial charge on any atom is 0.328 e. The molecule has 0 aliphatic carbocycles. The standard InChI is InChI=1S/C13H12N6O/c1-14-13(20)19(10-5-3-2-4-6-10)12-15-7-9-8-16-18-11(9)17-12/h2-8H,1H3,(H,14,20)(H,15,16,17,18). The van der Waals surface area contributed by atoms with Gasteiger partial charge in [0.05, 0.1) is 11.1 Å². The largest absolute Gasteiger partial charge is 0.340 e. The fourth-order valence-corrected chi connectivity index (χ4v) is 1.85. The lowest BCUT2D eigenvalue weighted by Crippen LogP contribution is -2.35. The number of aromatic nitrogens is 4. The molecular weight excluding hydrogens is 256 g/mol. The van der Waals surface area contributed by atoms with Crippen molar-refractivity contribution in [2.45, 2.75) is 0 Å². The van der Waals surface area contributed by atoms with Crippen LogP contribution in [0.2, 0.25) is 0 Å². The maximum absolute atomic E-state index is 12.1. The lowest BCUT2D eigenvalue weighted by molar-refractivity contribution is 0.250. The molecule has 0 fully saturated rings. The Balaban J connectivity index is 2.11. The topological polar surface area (TPSA) is 86.8 Å². The number of aromatic amines is 1. The summed E-state index contributed by atoms with van der Waals surface area (Å²) in [7, 11) is 1.56. The highest BCUT2D eigenvalue weighted by Gasteiger charge is 2.19. The maximum atomic E-state index is 12.1. The van der Waals surface area contributed by atoms with Crippen LogP contribution in [0.25, 0.3) is 11.0 Å². The van der Waals surface area contributed by atoms with Crippen LogP contribution in [0, 0.1) is 0 Å². The molecular formula is C13H12N6O. The van der Waals surface area contributed by atoms with E-state index < -0.39 is 0 Å². The molecule has 0 bridgehead atoms. The number of amides is 2. The van der Waals surface area contributed by atoms with Gasteiger partial charge in [-0.2, -0.15) is 10.1 Å². The average Bonchev–Trinajstić information content (AvgIpc) is 2.96. The molecule has 2 N–H and O–H groups in total. The Labute approximate surface area is 114 Å². The van der Waals surface area contributed by atoms with Crippen molar-refractivity contribution in [1.29, 1.82) is 0 Å². The summed E-state index contributed by atoms with van der Waals surface area (Å²) in [5.41, 5.74) is 1.20. The van der Waals surface area contributed by atoms with E-state index in [1.54, 1.807) is 19.4 Å². The minimum Gasteiger partial charge on any atom is -0.340 e. The molecule has 0 atom stereocenters. The van der Waals surface area contributed by atoms with Crippen molar-refractivity contribution < 1.29 is 4.79 Å². The summed E-state index contributed by atoms with van der Waals surface area (Å²) in [6.45, 7) is 0. The van der Waals surface area contributed by atoms with Crippen LogP contribution in [0.5, 0.6) is 0 Å². The zero-order chi connectivity index (χ0) is 13.9. The molecule has 1 aromatic carbocycles. The lowest BCUT2D eigenvalue weighted by Gasteiger charge is -2.19. The Morgan fingerprint density at radius 2 is 2.10 bits per heavy atom. The van der Waals surface area contributed by atoms with E-state index in [1.807, 2.05) is 30.3 Å². The normalized spacial score (nSPS) is 10.4. The average molecular weight is 268 g/mol. The van der Waals surface area contributed by atoms with E-state index in [0.717, 1.165) is 5.39 Å². The summed E-state index contributed by atoms with van der Waals surface area (Å²) in [6.07, 6.45) is 3.33. The predicted octanol–water partition coefficient (Wildman–Crippen LogP) is 1.83. The van der Waals surface area contributed by atoms with Gasteiger partial charge < -0.3 is 5.32 Å². The monoisotopic (exact) mass is 268 g/mol. The Morgan fingerprint density at radius 3 is 2.85 bits per heavy atom. The first-order valence-corrected chi connectivity index (χ1v) is 6.03. The SMILES string of the molecule is CNC(=O)N(c1ccccc1)c1ncc2c[nH]nc2n1. The number of anilines is 2. The number of rotatable bonds is 2. The van der Waals surface area contributed by atoms with Crippen LogP contribution in [0.15, 0.2) is 42.7 Å². The van der Waals surface area contributed by atoms with Gasteiger partial charge in [0.2, 0.25) is 5.95 Å². The third-order valence-electron chi connectivity index (χ3n) is 2.81. The highest BCUT2D eigenvalue weighted by atomic mass is 16.2. The number of carbonyl (C=O) groups is 1. The van der Waals surface area contributed by atoms with Crippen LogP contribution in [0.3, 0.4) is 0 Å². The van der Waals surface area contributed by atoms with Gasteiger partial charge in [-0.1, -0.05) is 18.2 Å². The number of benzene rings is 1. The number of fused-ring (bicyclic) bond motifs is 1. The van der Waals surface area contributed by atoms with Crippen LogP contribution in [0.1, 0.15) is 0 Å². The number of H-pyrrole nitrogens is 1. The molecule has 2 amide bonds. The summed E-state index contributed by atoms with van der Waals surface area (Å²) >= 11 is 0. The Morgan fingerprint density at radius 1 is 1.30 bits per heavy atom. The van der Waals surface area contributed by atoms with Crippen LogP contribution in [0.4, 0.5) is 16.4 Å². The number of carbonyl (C=O) groups excluding carboxylic acids is 1. The molecule has 100 valence electrons. The van der Waals surface area contributed by atoms with Crippen molar-refractivity contribution in [1.82, 2.24) is 25.5 Å². The molecule has 0 unspecified atom stereocenters. The molecule has 2 aromatic heterocycles. The molecule has 3 rings (SSSR count). The molecule has 0 aliphatic heterocycles. The zero-order valence-corrected chi connectivity index (χ0v) is 10.7. The molecule has 7 heteroatoms. The van der Waals surface area contributed by atoms with Gasteiger partial charge in [0.1, 0.15) is 0 Å². The highest BCUT2D eigenvalue weighted by molar-refractivity contribution is 5.98. The van der Waals surface area contributed by atoms with Crippen molar-refractivity contribution in [2.24, 2.45) is 0 Å². The predicted molar refractivity (Wildman–Crippen MR) is 74.7 cm³/mol. The van der Waals surface area contributed by atoms with Gasteiger partial charge in [-0.25, -0.2) is 14.7 Å². The third-order valence-corrected chi connectivity index (χ3v) is 2.81. The smallest absolute Gasteiger partial charge is 0.328 e. The van der Waals surface area contributed by atoms with Gasteiger partial charge in [0, 0.05) is 19.4 Å². The second-order valence-corrected chi connectivity index (χ2v) is 4.06. The van der Waals surface area contributed by atoms with E-state index in [-0.39, 0.29) is 12.0 Å². The van der Waals surface area contributed by atoms with E-state index in [9.17, 15) is 4.79 Å². The molecule has 0 spiro atoms. The Hall–Kier alpha value is -2.96. The number of urea groups is 1. The molecule has 0 saturated heterocycles. The first kappa shape index (κ1) is 12.1. The second kappa shape index (κ2) is 4.96. The number of hydrogen-bond donors (Lipinski definition) is 2. The fraction of sp³-hybridized carbons (Fsp3) is 0.0769. The van der Waals surface area contributed by atoms with E-state index >= 15 is 0 Å². The number of nitrogens with one attached hydrogen (secondary N) is 2. The van der Waals surface area contributed by atoms with Crippen LogP contribution >= 0.6 is 0 Å². The highest BCUT2D eigenvalue weighted by Crippen LogP contribution is 2.22. The summed E-state index contributed by atoms with van der Waals surface area (Å²) < 4.78 is 0. The van der Waals surface area contributed by atoms with Crippen molar-refractivity contribution >= 4 is 28.7 Å². The van der Waals surface area contributed by atoms with Crippen LogP contribution in [-0.2, 0) is 0 Å². The molecule has 7 nitrogen and oxygen atoms in total. The van der Waals surface area contributed by atoms with Gasteiger partial charge in [0.15, 0.2) is 5.65 Å². The quantitative estimate of drug-likeness (QED) is 0.742. The first-order valence-electron chi connectivity index (χ1n) is 6.03. The molecule has 0 aliphatic rings. The Kier molecular flexibility index (Phi) is 3.00. The molecule has 0 radical (unpaired) electrons. The van der Waals surface area contributed by atoms with E-state index in [1.165, 1.54) is 4.90 Å². The van der Waals surface area contributed by atoms with Crippen molar-refractivity contribution in [3.05, 3.63) is 42.7 Å². The van der Waals surface area contributed by atoms with Crippen LogP contribution in [-0.4, -0.2) is 33.2 Å². The minimum atomic E-state index is -0.314. The van der Waals surface area contributed by atoms with Gasteiger partial charge >= 0.3 is 6.03 Å². The summed E-state index contributed by atoms with van der Waals surface area (Å²) in [4.78, 5) is 22.0. The number of nitrogens with zero attached hydrogens (tertiary/aromatic N) is 4. The van der Waals surface area contributed by atoms with Gasteiger partial charge in [-0.05, 0) is 12.1 Å². The summed E-state index contributed by atoms with van der Waals surface area (Å²) in [5.74, 6) is 0.273. The lowest BCUT2D eigenvalue weighted by atomic mass is 10.3. The van der Waals surface area contributed by atoms with Crippen molar-refractivity contribution in [3.8, 4) is 0 Å². The first-order chi connectivity index (χ1) is 9.79. The molecule has 3 aromatic rings. The molecule has 2 heterocycles. The van der Waals surface area contributed by atoms with E-state index in [4.69, 9.17) is 0 Å². The molecule has 0 saturated carbocycles. The number of para-hydroxylation sites is 1. The fourth-order valence-electron chi connectivity index (χ4n) is 1.85. The molecule has 20 heavy (non-hydrogen) atoms. The van der Waals surface area contributed by atoms with Gasteiger partial charge in [-0.3, -0.25) is 5.10 Å².